The van der Waals surface area contributed by atoms with Crippen molar-refractivity contribution in [2.24, 2.45) is 0 Å². The van der Waals surface area contributed by atoms with Crippen LogP contribution >= 0.6 is 0 Å². The number of hydrogen-bond acceptors (Lipinski definition) is 5. The fraction of sp³-hybridized carbons (Fsp3) is 0.409. The van der Waals surface area contributed by atoms with Crippen molar-refractivity contribution in [2.75, 3.05) is 5.32 Å². The highest BCUT2D eigenvalue weighted by Gasteiger charge is 2.33. The molecule has 33 heavy (non-hydrogen) atoms. The van der Waals surface area contributed by atoms with Crippen LogP contribution in [0.3, 0.4) is 0 Å². The zero-order valence-electron chi connectivity index (χ0n) is 18.7. The summed E-state index contributed by atoms with van der Waals surface area (Å²) in [4.78, 5) is 16.1. The van der Waals surface area contributed by atoms with Crippen LogP contribution < -0.4 is 5.32 Å². The van der Waals surface area contributed by atoms with Gasteiger partial charge in [-0.1, -0.05) is 6.07 Å². The van der Waals surface area contributed by atoms with Crippen LogP contribution in [0.2, 0.25) is 0 Å². The maximum absolute atomic E-state index is 12.9. The standard InChI is InChI=1S/C22H25F3N4O3.H2O/c1-20(2,31)8-9-29-12-13-10-17(14(21(3,4)32)11-16(13)28-29)27-19(30)15-6-5-7-18(26-15)22(23,24)25;/h5-7,10-12,31-32H,8-9H2,1-4H3,(H,27,30);1H2. The molecule has 0 aliphatic carbocycles. The molecule has 0 radical (unpaired) electrons. The summed E-state index contributed by atoms with van der Waals surface area (Å²) in [6.45, 7) is 6.89. The van der Waals surface area contributed by atoms with E-state index >= 15 is 0 Å². The van der Waals surface area contributed by atoms with E-state index < -0.39 is 34.7 Å². The molecule has 1 aromatic carbocycles. The molecule has 0 aliphatic heterocycles. The van der Waals surface area contributed by atoms with Gasteiger partial charge in [-0.15, -0.1) is 0 Å². The van der Waals surface area contributed by atoms with E-state index in [2.05, 4.69) is 15.4 Å². The lowest BCUT2D eigenvalue weighted by molar-refractivity contribution is -0.141. The lowest BCUT2D eigenvalue weighted by Gasteiger charge is -2.22. The van der Waals surface area contributed by atoms with Crippen molar-refractivity contribution in [1.29, 1.82) is 0 Å². The quantitative estimate of drug-likeness (QED) is 0.511. The van der Waals surface area contributed by atoms with E-state index in [0.29, 0.717) is 29.4 Å². The van der Waals surface area contributed by atoms with Crippen molar-refractivity contribution < 1.29 is 33.7 Å². The molecule has 0 saturated heterocycles. The van der Waals surface area contributed by atoms with Crippen molar-refractivity contribution in [2.45, 2.75) is 58.0 Å². The summed E-state index contributed by atoms with van der Waals surface area (Å²) in [5.41, 5.74) is -2.66. The Labute approximate surface area is 188 Å². The summed E-state index contributed by atoms with van der Waals surface area (Å²) in [7, 11) is 0. The van der Waals surface area contributed by atoms with Crippen molar-refractivity contribution >= 4 is 22.5 Å². The Balaban J connectivity index is 0.00000385. The summed E-state index contributed by atoms with van der Waals surface area (Å²) in [5.74, 6) is -0.838. The molecule has 3 aromatic rings. The van der Waals surface area contributed by atoms with Crippen LogP contribution in [-0.2, 0) is 18.3 Å². The van der Waals surface area contributed by atoms with E-state index in [4.69, 9.17) is 0 Å². The number of aromatic nitrogens is 3. The summed E-state index contributed by atoms with van der Waals surface area (Å²) in [6, 6.07) is 6.29. The van der Waals surface area contributed by atoms with Crippen LogP contribution in [0.1, 0.15) is 55.9 Å². The number of aliphatic hydroxyl groups is 2. The molecule has 0 fully saturated rings. The summed E-state index contributed by atoms with van der Waals surface area (Å²) >= 11 is 0. The summed E-state index contributed by atoms with van der Waals surface area (Å²) < 4.78 is 40.5. The molecule has 5 N–H and O–H groups in total. The van der Waals surface area contributed by atoms with Gasteiger partial charge in [0, 0.05) is 29.4 Å². The zero-order valence-corrected chi connectivity index (χ0v) is 18.7. The van der Waals surface area contributed by atoms with Gasteiger partial charge in [-0.2, -0.15) is 18.3 Å². The Hall–Kier alpha value is -3.02. The van der Waals surface area contributed by atoms with Crippen molar-refractivity contribution in [1.82, 2.24) is 14.8 Å². The SMILES string of the molecule is CC(C)(O)CCn1cc2cc(NC(=O)c3cccc(C(F)(F)F)n3)c(C(C)(C)O)cc2n1.O. The number of aryl methyl sites for hydroxylation is 1. The van der Waals surface area contributed by atoms with E-state index in [1.165, 1.54) is 19.9 Å². The minimum atomic E-state index is -4.68. The zero-order chi connectivity index (χ0) is 23.9. The van der Waals surface area contributed by atoms with Gasteiger partial charge in [-0.05, 0) is 58.4 Å². The van der Waals surface area contributed by atoms with Crippen molar-refractivity contribution in [3.8, 4) is 0 Å². The number of pyridine rings is 1. The molecule has 0 bridgehead atoms. The number of fused-ring (bicyclic) bond motifs is 1. The molecule has 2 heterocycles. The van der Waals surface area contributed by atoms with Gasteiger partial charge in [0.1, 0.15) is 11.4 Å². The maximum Gasteiger partial charge on any atom is 0.433 e. The number of alkyl halides is 3. The van der Waals surface area contributed by atoms with Crippen LogP contribution in [0.25, 0.3) is 10.9 Å². The highest BCUT2D eigenvalue weighted by molar-refractivity contribution is 6.04. The van der Waals surface area contributed by atoms with Gasteiger partial charge in [-0.3, -0.25) is 9.48 Å². The molecule has 0 atom stereocenters. The van der Waals surface area contributed by atoms with Gasteiger partial charge in [0.2, 0.25) is 0 Å². The third-order valence-corrected chi connectivity index (χ3v) is 4.82. The number of halogens is 3. The highest BCUT2D eigenvalue weighted by atomic mass is 19.4. The second-order valence-electron chi connectivity index (χ2n) is 8.83. The Bertz CT molecular complexity index is 1150. The monoisotopic (exact) mass is 468 g/mol. The number of rotatable bonds is 6. The molecular formula is C22H27F3N4O4. The molecule has 180 valence electrons. The number of carbonyl (C=O) groups is 1. The van der Waals surface area contributed by atoms with E-state index in [9.17, 15) is 28.2 Å². The predicted molar refractivity (Wildman–Crippen MR) is 117 cm³/mol. The number of benzene rings is 1. The third kappa shape index (κ3) is 6.50. The average molecular weight is 468 g/mol. The van der Waals surface area contributed by atoms with E-state index in [1.807, 2.05) is 0 Å². The fourth-order valence-electron chi connectivity index (χ4n) is 3.14. The molecule has 0 aliphatic rings. The molecule has 0 unspecified atom stereocenters. The molecule has 0 saturated carbocycles. The fourth-order valence-corrected chi connectivity index (χ4v) is 3.14. The second kappa shape index (κ2) is 9.08. The maximum atomic E-state index is 12.9. The predicted octanol–water partition coefficient (Wildman–Crippen LogP) is 3.27. The molecule has 2 aromatic heterocycles. The van der Waals surface area contributed by atoms with Gasteiger partial charge in [0.05, 0.1) is 16.7 Å². The number of nitrogens with zero attached hydrogens (tertiary/aromatic N) is 3. The van der Waals surface area contributed by atoms with Gasteiger partial charge >= 0.3 is 6.18 Å². The Morgan fingerprint density at radius 2 is 1.79 bits per heavy atom. The number of carbonyl (C=O) groups excluding carboxylic acids is 1. The first kappa shape index (κ1) is 26.2. The summed E-state index contributed by atoms with van der Waals surface area (Å²) in [6.07, 6.45) is -2.48. The molecule has 1 amide bonds. The Morgan fingerprint density at radius 3 is 2.36 bits per heavy atom. The van der Waals surface area contributed by atoms with Crippen molar-refractivity contribution in [3.63, 3.8) is 0 Å². The van der Waals surface area contributed by atoms with E-state index in [1.54, 1.807) is 36.9 Å². The first-order valence-electron chi connectivity index (χ1n) is 9.95. The molecular weight excluding hydrogens is 441 g/mol. The normalized spacial score (nSPS) is 12.5. The van der Waals surface area contributed by atoms with Gasteiger partial charge in [0.25, 0.3) is 5.91 Å². The Kier molecular flexibility index (Phi) is 7.22. The lowest BCUT2D eigenvalue weighted by atomic mass is 9.95. The third-order valence-electron chi connectivity index (χ3n) is 4.82. The molecule has 3 rings (SSSR count). The van der Waals surface area contributed by atoms with Gasteiger partial charge in [-0.25, -0.2) is 4.98 Å². The van der Waals surface area contributed by atoms with Crippen LogP contribution in [0, 0.1) is 0 Å². The smallest absolute Gasteiger partial charge is 0.412 e. The molecule has 8 nitrogen and oxygen atoms in total. The number of anilines is 1. The van der Waals surface area contributed by atoms with Crippen LogP contribution in [0.15, 0.2) is 36.5 Å². The van der Waals surface area contributed by atoms with E-state index in [-0.39, 0.29) is 11.2 Å². The average Bonchev–Trinajstić information content (AvgIpc) is 3.06. The number of amides is 1. The van der Waals surface area contributed by atoms with Gasteiger partial charge < -0.3 is 21.0 Å². The minimum absolute atomic E-state index is 0. The lowest BCUT2D eigenvalue weighted by Crippen LogP contribution is -2.22. The molecule has 0 spiro atoms. The van der Waals surface area contributed by atoms with Crippen LogP contribution in [0.5, 0.6) is 0 Å². The van der Waals surface area contributed by atoms with Gasteiger partial charge in [0.15, 0.2) is 0 Å². The first-order chi connectivity index (χ1) is 14.6. The van der Waals surface area contributed by atoms with E-state index in [0.717, 1.165) is 12.1 Å². The van der Waals surface area contributed by atoms with Crippen LogP contribution in [-0.4, -0.2) is 42.0 Å². The number of nitrogens with one attached hydrogen (secondary N) is 1. The van der Waals surface area contributed by atoms with Crippen LogP contribution in [0.4, 0.5) is 18.9 Å². The minimum Gasteiger partial charge on any atom is -0.412 e. The topological polar surface area (TPSA) is 132 Å². The van der Waals surface area contributed by atoms with Crippen molar-refractivity contribution in [3.05, 3.63) is 53.5 Å². The Morgan fingerprint density at radius 1 is 1.12 bits per heavy atom. The largest absolute Gasteiger partial charge is 0.433 e. The first-order valence-corrected chi connectivity index (χ1v) is 9.95. The second-order valence-corrected chi connectivity index (χ2v) is 8.83. The summed E-state index contributed by atoms with van der Waals surface area (Å²) in [5, 5.41) is 28.2. The number of hydrogen-bond donors (Lipinski definition) is 3. The molecule has 11 heteroatoms. The highest BCUT2D eigenvalue weighted by Crippen LogP contribution is 2.32.